The summed E-state index contributed by atoms with van der Waals surface area (Å²) < 4.78 is 2.50. The van der Waals surface area contributed by atoms with Crippen LogP contribution in [0.25, 0.3) is 11.4 Å². The molecule has 2 aromatic rings. The van der Waals surface area contributed by atoms with E-state index in [9.17, 15) is 4.79 Å². The van der Waals surface area contributed by atoms with Crippen LogP contribution in [0.3, 0.4) is 0 Å². The van der Waals surface area contributed by atoms with Gasteiger partial charge in [0.25, 0.3) is 0 Å². The number of H-pyrrole nitrogens is 1. The summed E-state index contributed by atoms with van der Waals surface area (Å²) in [4.78, 5) is 17.4. The Morgan fingerprint density at radius 1 is 1.14 bits per heavy atom. The van der Waals surface area contributed by atoms with Crippen molar-refractivity contribution >= 4 is 18.1 Å². The normalized spacial score (nSPS) is 18.7. The van der Waals surface area contributed by atoms with Crippen molar-refractivity contribution in [3.8, 4) is 11.4 Å². The van der Waals surface area contributed by atoms with E-state index in [2.05, 4.69) is 34.2 Å². The number of carbonyl (C=O) groups is 1. The molecule has 28 heavy (non-hydrogen) atoms. The Kier molecular flexibility index (Phi) is 5.92. The molecule has 1 saturated heterocycles. The highest BCUT2D eigenvalue weighted by Gasteiger charge is 2.27. The number of aromatic amines is 1. The molecule has 0 atom stereocenters. The Morgan fingerprint density at radius 3 is 2.50 bits per heavy atom. The molecule has 1 N–H and O–H groups in total. The molecule has 6 nitrogen and oxygen atoms in total. The number of benzene rings is 1. The highest BCUT2D eigenvalue weighted by Crippen LogP contribution is 2.24. The van der Waals surface area contributed by atoms with Crippen LogP contribution in [0.1, 0.15) is 37.7 Å². The molecule has 2 heterocycles. The summed E-state index contributed by atoms with van der Waals surface area (Å²) in [5, 5.41) is 7.25. The molecule has 150 valence electrons. The maximum atomic E-state index is 12.8. The van der Waals surface area contributed by atoms with Crippen LogP contribution in [0.5, 0.6) is 0 Å². The lowest BCUT2D eigenvalue weighted by Gasteiger charge is -2.38. The van der Waals surface area contributed by atoms with E-state index in [1.807, 2.05) is 21.6 Å². The standard InChI is InChI=1S/C21H29N5OS/c1-16-6-8-17(9-7-16)20-22-23-21(28)26(20)11-10-19(27)25-14-12-24(13-15-25)18-4-2-3-5-18/h6-9,18H,2-5,10-15H2,1H3,(H,23,28). The molecule has 1 aliphatic carbocycles. The van der Waals surface area contributed by atoms with Crippen molar-refractivity contribution in [3.63, 3.8) is 0 Å². The molecular weight excluding hydrogens is 370 g/mol. The van der Waals surface area contributed by atoms with Gasteiger partial charge in [-0.2, -0.15) is 5.10 Å². The number of rotatable bonds is 5. The van der Waals surface area contributed by atoms with Crippen molar-refractivity contribution < 1.29 is 4.79 Å². The summed E-state index contributed by atoms with van der Waals surface area (Å²) >= 11 is 5.40. The smallest absolute Gasteiger partial charge is 0.224 e. The first-order valence-electron chi connectivity index (χ1n) is 10.4. The largest absolute Gasteiger partial charge is 0.340 e. The van der Waals surface area contributed by atoms with Crippen molar-refractivity contribution in [1.29, 1.82) is 0 Å². The van der Waals surface area contributed by atoms with Gasteiger partial charge in [0.15, 0.2) is 10.6 Å². The van der Waals surface area contributed by atoms with E-state index >= 15 is 0 Å². The van der Waals surface area contributed by atoms with Gasteiger partial charge in [-0.15, -0.1) is 0 Å². The fraction of sp³-hybridized carbons (Fsp3) is 0.571. The Balaban J connectivity index is 1.35. The van der Waals surface area contributed by atoms with E-state index in [1.54, 1.807) is 0 Å². The molecule has 7 heteroatoms. The number of piperazine rings is 1. The summed E-state index contributed by atoms with van der Waals surface area (Å²) in [5.74, 6) is 1.01. The summed E-state index contributed by atoms with van der Waals surface area (Å²) in [6, 6.07) is 8.96. The second-order valence-electron chi connectivity index (χ2n) is 7.98. The molecule has 2 fully saturated rings. The zero-order valence-electron chi connectivity index (χ0n) is 16.6. The lowest BCUT2D eigenvalue weighted by atomic mass is 10.1. The minimum atomic E-state index is 0.212. The summed E-state index contributed by atoms with van der Waals surface area (Å²) in [6.45, 7) is 6.33. The molecule has 1 aromatic carbocycles. The minimum Gasteiger partial charge on any atom is -0.340 e. The van der Waals surface area contributed by atoms with E-state index in [0.29, 0.717) is 17.7 Å². The van der Waals surface area contributed by atoms with Gasteiger partial charge in [-0.1, -0.05) is 42.7 Å². The van der Waals surface area contributed by atoms with Gasteiger partial charge in [-0.05, 0) is 32.0 Å². The number of nitrogens with zero attached hydrogens (tertiary/aromatic N) is 4. The molecule has 0 bridgehead atoms. The number of hydrogen-bond donors (Lipinski definition) is 1. The number of carbonyl (C=O) groups excluding carboxylic acids is 1. The third-order valence-electron chi connectivity index (χ3n) is 6.13. The SMILES string of the molecule is Cc1ccc(-c2n[nH]c(=S)n2CCC(=O)N2CCN(C3CCCC3)CC2)cc1. The van der Waals surface area contributed by atoms with Crippen molar-refractivity contribution in [3.05, 3.63) is 34.6 Å². The highest BCUT2D eigenvalue weighted by molar-refractivity contribution is 7.71. The van der Waals surface area contributed by atoms with E-state index in [0.717, 1.165) is 43.6 Å². The van der Waals surface area contributed by atoms with Gasteiger partial charge in [-0.3, -0.25) is 19.4 Å². The number of nitrogens with one attached hydrogen (secondary N) is 1. The third kappa shape index (κ3) is 4.20. The van der Waals surface area contributed by atoms with Crippen molar-refractivity contribution in [2.45, 2.75) is 51.6 Å². The maximum absolute atomic E-state index is 12.8. The highest BCUT2D eigenvalue weighted by atomic mass is 32.1. The van der Waals surface area contributed by atoms with Crippen LogP contribution >= 0.6 is 12.2 Å². The number of hydrogen-bond acceptors (Lipinski definition) is 4. The predicted molar refractivity (Wildman–Crippen MR) is 113 cm³/mol. The van der Waals surface area contributed by atoms with Gasteiger partial charge >= 0.3 is 0 Å². The number of aryl methyl sites for hydroxylation is 1. The maximum Gasteiger partial charge on any atom is 0.224 e. The summed E-state index contributed by atoms with van der Waals surface area (Å²) in [5.41, 5.74) is 2.21. The molecule has 0 radical (unpaired) electrons. The first-order valence-corrected chi connectivity index (χ1v) is 10.8. The van der Waals surface area contributed by atoms with Gasteiger partial charge in [0.05, 0.1) is 0 Å². The van der Waals surface area contributed by atoms with E-state index < -0.39 is 0 Å². The minimum absolute atomic E-state index is 0.212. The first kappa shape index (κ1) is 19.3. The quantitative estimate of drug-likeness (QED) is 0.783. The summed E-state index contributed by atoms with van der Waals surface area (Å²) in [7, 11) is 0. The molecular formula is C21H29N5OS. The van der Waals surface area contributed by atoms with Crippen molar-refractivity contribution in [2.75, 3.05) is 26.2 Å². The molecule has 1 aliphatic heterocycles. The lowest BCUT2D eigenvalue weighted by molar-refractivity contribution is -0.133. The average Bonchev–Trinajstić information content (AvgIpc) is 3.37. The van der Waals surface area contributed by atoms with Crippen LogP contribution in [-0.2, 0) is 11.3 Å². The Morgan fingerprint density at radius 2 is 1.82 bits per heavy atom. The molecule has 1 saturated carbocycles. The van der Waals surface area contributed by atoms with Gasteiger partial charge in [-0.25, -0.2) is 0 Å². The zero-order chi connectivity index (χ0) is 19.5. The van der Waals surface area contributed by atoms with Crippen LogP contribution in [0.2, 0.25) is 0 Å². The monoisotopic (exact) mass is 399 g/mol. The first-order chi connectivity index (χ1) is 13.6. The number of amides is 1. The average molecular weight is 400 g/mol. The molecule has 0 unspecified atom stereocenters. The van der Waals surface area contributed by atoms with E-state index in [-0.39, 0.29) is 5.91 Å². The van der Waals surface area contributed by atoms with Crippen LogP contribution in [0, 0.1) is 11.7 Å². The summed E-state index contributed by atoms with van der Waals surface area (Å²) in [6.07, 6.45) is 5.83. The molecule has 1 aromatic heterocycles. The van der Waals surface area contributed by atoms with E-state index in [4.69, 9.17) is 12.2 Å². The molecule has 0 spiro atoms. The fourth-order valence-corrected chi connectivity index (χ4v) is 4.64. The molecule has 4 rings (SSSR count). The molecule has 1 amide bonds. The van der Waals surface area contributed by atoms with Gasteiger partial charge in [0.1, 0.15) is 0 Å². The predicted octanol–water partition coefficient (Wildman–Crippen LogP) is 3.39. The number of aromatic nitrogens is 3. The third-order valence-corrected chi connectivity index (χ3v) is 6.44. The topological polar surface area (TPSA) is 57.2 Å². The van der Waals surface area contributed by atoms with Crippen LogP contribution < -0.4 is 0 Å². The second kappa shape index (κ2) is 8.57. The van der Waals surface area contributed by atoms with Crippen LogP contribution in [-0.4, -0.2) is 62.7 Å². The Labute approximate surface area is 171 Å². The Hall–Kier alpha value is -1.99. The van der Waals surface area contributed by atoms with Crippen molar-refractivity contribution in [1.82, 2.24) is 24.6 Å². The van der Waals surface area contributed by atoms with Crippen LogP contribution in [0.4, 0.5) is 0 Å². The molecule has 2 aliphatic rings. The van der Waals surface area contributed by atoms with Gasteiger partial charge in [0.2, 0.25) is 5.91 Å². The zero-order valence-corrected chi connectivity index (χ0v) is 17.4. The van der Waals surface area contributed by atoms with Crippen molar-refractivity contribution in [2.24, 2.45) is 0 Å². The van der Waals surface area contributed by atoms with E-state index in [1.165, 1.54) is 31.2 Å². The second-order valence-corrected chi connectivity index (χ2v) is 8.36. The Bertz CT molecular complexity index is 858. The van der Waals surface area contributed by atoms with Gasteiger partial charge in [0, 0.05) is 50.7 Å². The van der Waals surface area contributed by atoms with Crippen LogP contribution in [0.15, 0.2) is 24.3 Å². The van der Waals surface area contributed by atoms with Gasteiger partial charge < -0.3 is 4.90 Å². The lowest BCUT2D eigenvalue weighted by Crippen LogP contribution is -2.51. The fourth-order valence-electron chi connectivity index (χ4n) is 4.42.